The van der Waals surface area contributed by atoms with Crippen LogP contribution in [0.15, 0.2) is 73.8 Å². The first kappa shape index (κ1) is 21.2. The van der Waals surface area contributed by atoms with Crippen LogP contribution in [0.5, 0.6) is 0 Å². The molecule has 0 fully saturated rings. The summed E-state index contributed by atoms with van der Waals surface area (Å²) >= 11 is 0. The van der Waals surface area contributed by atoms with Crippen molar-refractivity contribution in [2.24, 2.45) is 0 Å². The Morgan fingerprint density at radius 3 is 1.77 bits per heavy atom. The van der Waals surface area contributed by atoms with Crippen LogP contribution in [0, 0.1) is 0 Å². The Morgan fingerprint density at radius 2 is 1.23 bits per heavy atom. The molecule has 0 unspecified atom stereocenters. The van der Waals surface area contributed by atoms with Crippen LogP contribution in [0.1, 0.15) is 62.1 Å². The van der Waals surface area contributed by atoms with Crippen molar-refractivity contribution >= 4 is 34.0 Å². The van der Waals surface area contributed by atoms with Crippen LogP contribution in [-0.2, 0) is 6.42 Å². The van der Waals surface area contributed by atoms with Crippen molar-refractivity contribution in [2.45, 2.75) is 51.9 Å². The van der Waals surface area contributed by atoms with E-state index in [9.17, 15) is 0 Å². The zero-order chi connectivity index (χ0) is 21.6. The Labute approximate surface area is 186 Å². The summed E-state index contributed by atoms with van der Waals surface area (Å²) in [4.78, 5) is 0. The van der Waals surface area contributed by atoms with Gasteiger partial charge in [-0.25, -0.2) is 0 Å². The van der Waals surface area contributed by atoms with Crippen LogP contribution in [-0.4, -0.2) is 4.57 Å². The zero-order valence-electron chi connectivity index (χ0n) is 18.7. The lowest BCUT2D eigenvalue weighted by Gasteiger charge is -2.10. The van der Waals surface area contributed by atoms with E-state index in [1.165, 1.54) is 78.0 Å². The molecule has 0 spiro atoms. The second kappa shape index (κ2) is 9.83. The van der Waals surface area contributed by atoms with Gasteiger partial charge in [-0.2, -0.15) is 0 Å². The number of rotatable bonds is 10. The fraction of sp³-hybridized carbons (Fsp3) is 0.267. The summed E-state index contributed by atoms with van der Waals surface area (Å²) in [5.74, 6) is 0. The minimum Gasteiger partial charge on any atom is -0.309 e. The van der Waals surface area contributed by atoms with Gasteiger partial charge in [-0.05, 0) is 53.8 Å². The highest BCUT2D eigenvalue weighted by Crippen LogP contribution is 2.33. The molecule has 0 aliphatic carbocycles. The van der Waals surface area contributed by atoms with Crippen molar-refractivity contribution in [3.05, 3.63) is 90.5 Å². The Morgan fingerprint density at radius 1 is 0.677 bits per heavy atom. The highest BCUT2D eigenvalue weighted by atomic mass is 15.0. The minimum atomic E-state index is 1.14. The Bertz CT molecular complexity index is 1130. The first-order chi connectivity index (χ1) is 15.2. The summed E-state index contributed by atoms with van der Waals surface area (Å²) < 4.78 is 2.37. The highest BCUT2D eigenvalue weighted by Gasteiger charge is 2.13. The van der Waals surface area contributed by atoms with Gasteiger partial charge in [0.15, 0.2) is 0 Å². The maximum absolute atomic E-state index is 3.96. The van der Waals surface area contributed by atoms with E-state index in [0.29, 0.717) is 0 Å². The summed E-state index contributed by atoms with van der Waals surface area (Å²) in [5.41, 5.74) is 7.35. The number of hydrogen-bond donors (Lipinski definition) is 0. The van der Waals surface area contributed by atoms with E-state index in [-0.39, 0.29) is 0 Å². The van der Waals surface area contributed by atoms with Crippen molar-refractivity contribution in [3.8, 4) is 5.69 Å². The molecule has 0 aliphatic rings. The maximum atomic E-state index is 3.96. The molecule has 0 radical (unpaired) electrons. The van der Waals surface area contributed by atoms with Gasteiger partial charge in [0, 0.05) is 16.5 Å². The van der Waals surface area contributed by atoms with Crippen LogP contribution in [0.25, 0.3) is 39.6 Å². The molecule has 0 N–H and O–H groups in total. The first-order valence-electron chi connectivity index (χ1n) is 11.7. The van der Waals surface area contributed by atoms with Gasteiger partial charge in [-0.15, -0.1) is 0 Å². The monoisotopic (exact) mass is 407 g/mol. The van der Waals surface area contributed by atoms with Gasteiger partial charge in [0.05, 0.1) is 11.0 Å². The molecule has 4 aromatic rings. The SMILES string of the molecule is C=Cc1ccc2c3ccc(C=C)cc3n(-c3ccc(CCCCCCCC)cc3)c2c1. The van der Waals surface area contributed by atoms with Crippen molar-refractivity contribution in [1.29, 1.82) is 0 Å². The molecule has 0 atom stereocenters. The number of fused-ring (bicyclic) bond motifs is 3. The van der Waals surface area contributed by atoms with Crippen LogP contribution in [0.4, 0.5) is 0 Å². The fourth-order valence-corrected chi connectivity index (χ4v) is 4.51. The van der Waals surface area contributed by atoms with Gasteiger partial charge < -0.3 is 4.57 Å². The standard InChI is InChI=1S/C30H33N/c1-4-7-8-9-10-11-12-25-13-17-26(18-14-25)31-29-21-23(5-2)15-19-27(29)28-20-16-24(6-3)22-30(28)31/h5-6,13-22H,2-4,7-12H2,1H3. The van der Waals surface area contributed by atoms with Gasteiger partial charge in [0.2, 0.25) is 0 Å². The topological polar surface area (TPSA) is 4.93 Å². The summed E-state index contributed by atoms with van der Waals surface area (Å²) in [7, 11) is 0. The second-order valence-electron chi connectivity index (χ2n) is 8.48. The molecule has 0 bridgehead atoms. The normalized spacial score (nSPS) is 11.3. The lowest BCUT2D eigenvalue weighted by Crippen LogP contribution is -1.95. The molecule has 0 saturated heterocycles. The zero-order valence-corrected chi connectivity index (χ0v) is 18.7. The van der Waals surface area contributed by atoms with E-state index >= 15 is 0 Å². The number of unbranched alkanes of at least 4 members (excludes halogenated alkanes) is 5. The summed E-state index contributed by atoms with van der Waals surface area (Å²) in [6.45, 7) is 10.2. The summed E-state index contributed by atoms with van der Waals surface area (Å²) in [6, 6.07) is 22.3. The molecule has 1 nitrogen and oxygen atoms in total. The smallest absolute Gasteiger partial charge is 0.0547 e. The minimum absolute atomic E-state index is 1.14. The van der Waals surface area contributed by atoms with Crippen LogP contribution in [0.3, 0.4) is 0 Å². The Balaban J connectivity index is 1.67. The van der Waals surface area contributed by atoms with Crippen LogP contribution >= 0.6 is 0 Å². The Hall–Kier alpha value is -3.06. The molecule has 0 amide bonds. The molecular formula is C30H33N. The van der Waals surface area contributed by atoms with Gasteiger partial charge >= 0.3 is 0 Å². The van der Waals surface area contributed by atoms with Gasteiger partial charge in [-0.3, -0.25) is 0 Å². The van der Waals surface area contributed by atoms with E-state index < -0.39 is 0 Å². The van der Waals surface area contributed by atoms with E-state index in [0.717, 1.165) is 11.1 Å². The highest BCUT2D eigenvalue weighted by molar-refractivity contribution is 6.10. The molecule has 1 heteroatoms. The molecule has 31 heavy (non-hydrogen) atoms. The average Bonchev–Trinajstić information content (AvgIpc) is 3.14. The lowest BCUT2D eigenvalue weighted by atomic mass is 10.0. The summed E-state index contributed by atoms with van der Waals surface area (Å²) in [6.07, 6.45) is 13.0. The molecule has 4 rings (SSSR count). The molecule has 3 aromatic carbocycles. The molecule has 0 aliphatic heterocycles. The van der Waals surface area contributed by atoms with Crippen LogP contribution in [0.2, 0.25) is 0 Å². The van der Waals surface area contributed by atoms with Crippen molar-refractivity contribution in [2.75, 3.05) is 0 Å². The van der Waals surface area contributed by atoms with E-state index in [1.54, 1.807) is 0 Å². The van der Waals surface area contributed by atoms with Crippen molar-refractivity contribution in [1.82, 2.24) is 4.57 Å². The number of benzene rings is 3. The predicted molar refractivity (Wildman–Crippen MR) is 138 cm³/mol. The van der Waals surface area contributed by atoms with Gasteiger partial charge in [0.25, 0.3) is 0 Å². The number of nitrogens with zero attached hydrogens (tertiary/aromatic N) is 1. The fourth-order valence-electron chi connectivity index (χ4n) is 4.51. The third-order valence-electron chi connectivity index (χ3n) is 6.30. The quantitative estimate of drug-likeness (QED) is 0.231. The summed E-state index contributed by atoms with van der Waals surface area (Å²) in [5, 5.41) is 2.54. The Kier molecular flexibility index (Phi) is 6.72. The molecule has 0 saturated carbocycles. The lowest BCUT2D eigenvalue weighted by molar-refractivity contribution is 0.607. The molecule has 1 heterocycles. The van der Waals surface area contributed by atoms with Crippen LogP contribution < -0.4 is 0 Å². The average molecular weight is 408 g/mol. The number of aryl methyl sites for hydroxylation is 1. The van der Waals surface area contributed by atoms with Gasteiger partial charge in [0.1, 0.15) is 0 Å². The molecule has 1 aromatic heterocycles. The third-order valence-corrected chi connectivity index (χ3v) is 6.30. The molecule has 158 valence electrons. The molecular weight excluding hydrogens is 374 g/mol. The van der Waals surface area contributed by atoms with E-state index in [2.05, 4.69) is 85.3 Å². The largest absolute Gasteiger partial charge is 0.309 e. The maximum Gasteiger partial charge on any atom is 0.0547 e. The predicted octanol–water partition coefficient (Wildman–Crippen LogP) is 8.97. The number of hydrogen-bond acceptors (Lipinski definition) is 0. The van der Waals surface area contributed by atoms with Crippen molar-refractivity contribution in [3.63, 3.8) is 0 Å². The third kappa shape index (κ3) is 4.51. The number of aromatic nitrogens is 1. The van der Waals surface area contributed by atoms with Crippen molar-refractivity contribution < 1.29 is 0 Å². The van der Waals surface area contributed by atoms with E-state index in [1.807, 2.05) is 12.2 Å². The van der Waals surface area contributed by atoms with E-state index in [4.69, 9.17) is 0 Å². The van der Waals surface area contributed by atoms with Gasteiger partial charge in [-0.1, -0.05) is 101 Å². The second-order valence-corrected chi connectivity index (χ2v) is 8.48. The first-order valence-corrected chi connectivity index (χ1v) is 11.7.